The summed E-state index contributed by atoms with van der Waals surface area (Å²) < 4.78 is 10.9. The molecule has 1 saturated carbocycles. The Kier molecular flexibility index (Phi) is 4.47. The van der Waals surface area contributed by atoms with Crippen LogP contribution in [0.4, 0.5) is 0 Å². The third-order valence-electron chi connectivity index (χ3n) is 5.35. The summed E-state index contributed by atoms with van der Waals surface area (Å²) in [7, 11) is 0. The number of aliphatic hydroxyl groups is 1. The highest BCUT2D eigenvalue weighted by atomic mass is 16.6. The van der Waals surface area contributed by atoms with Gasteiger partial charge in [-0.25, -0.2) is 4.79 Å². The van der Waals surface area contributed by atoms with E-state index in [2.05, 4.69) is 0 Å². The Bertz CT molecular complexity index is 799. The van der Waals surface area contributed by atoms with Gasteiger partial charge in [-0.3, -0.25) is 4.79 Å². The van der Waals surface area contributed by atoms with Crippen molar-refractivity contribution in [2.24, 2.45) is 11.8 Å². The molecule has 1 aliphatic carbocycles. The summed E-state index contributed by atoms with van der Waals surface area (Å²) in [6.07, 6.45) is 0.0628. The zero-order valence-electron chi connectivity index (χ0n) is 14.2. The van der Waals surface area contributed by atoms with Crippen molar-refractivity contribution in [1.82, 2.24) is 0 Å². The molecule has 2 aliphatic rings. The molecular weight excluding hydrogens is 332 g/mol. The standard InChI is InChI=1S/C21H20O5/c22-12-17-16-10-20(23)25-18(16)11-19(17)26-21(24)15-8-6-14(7-9-15)13-4-2-1-3-5-13/h1-9,16-19,22H,10-12H2/t16?,17-,18?,19-/m0/s1. The van der Waals surface area contributed by atoms with Crippen LogP contribution in [0.5, 0.6) is 0 Å². The number of ether oxygens (including phenoxy) is 2. The van der Waals surface area contributed by atoms with E-state index in [1.54, 1.807) is 12.1 Å². The summed E-state index contributed by atoms with van der Waals surface area (Å²) in [4.78, 5) is 23.9. The van der Waals surface area contributed by atoms with Gasteiger partial charge in [0.1, 0.15) is 12.2 Å². The van der Waals surface area contributed by atoms with Crippen LogP contribution in [0.2, 0.25) is 0 Å². The molecule has 1 saturated heterocycles. The van der Waals surface area contributed by atoms with Crippen LogP contribution in [0.3, 0.4) is 0 Å². The Labute approximate surface area is 151 Å². The lowest BCUT2D eigenvalue weighted by molar-refractivity contribution is -0.141. The molecule has 0 spiro atoms. The minimum atomic E-state index is -0.426. The van der Waals surface area contributed by atoms with Crippen molar-refractivity contribution in [2.45, 2.75) is 25.0 Å². The zero-order valence-corrected chi connectivity index (χ0v) is 14.2. The van der Waals surface area contributed by atoms with Gasteiger partial charge in [-0.2, -0.15) is 0 Å². The van der Waals surface area contributed by atoms with Gasteiger partial charge in [0.2, 0.25) is 0 Å². The van der Waals surface area contributed by atoms with E-state index in [9.17, 15) is 14.7 Å². The molecule has 5 heteroatoms. The van der Waals surface area contributed by atoms with E-state index in [-0.39, 0.29) is 36.9 Å². The van der Waals surface area contributed by atoms with E-state index >= 15 is 0 Å². The molecule has 5 nitrogen and oxygen atoms in total. The predicted molar refractivity (Wildman–Crippen MR) is 94.3 cm³/mol. The Morgan fingerprint density at radius 2 is 1.77 bits per heavy atom. The molecule has 2 unspecified atom stereocenters. The average molecular weight is 352 g/mol. The van der Waals surface area contributed by atoms with Gasteiger partial charge in [-0.05, 0) is 23.3 Å². The third-order valence-corrected chi connectivity index (χ3v) is 5.35. The van der Waals surface area contributed by atoms with E-state index < -0.39 is 12.1 Å². The second-order valence-electron chi connectivity index (χ2n) is 6.87. The van der Waals surface area contributed by atoms with Crippen molar-refractivity contribution in [3.05, 3.63) is 60.2 Å². The molecule has 1 N–H and O–H groups in total. The van der Waals surface area contributed by atoms with Crippen LogP contribution in [0.25, 0.3) is 11.1 Å². The number of fused-ring (bicyclic) bond motifs is 1. The largest absolute Gasteiger partial charge is 0.462 e. The number of aliphatic hydroxyl groups excluding tert-OH is 1. The zero-order chi connectivity index (χ0) is 18.1. The van der Waals surface area contributed by atoms with Crippen LogP contribution < -0.4 is 0 Å². The second kappa shape index (κ2) is 6.92. The van der Waals surface area contributed by atoms with Crippen LogP contribution in [0.15, 0.2) is 54.6 Å². The third kappa shape index (κ3) is 3.10. The van der Waals surface area contributed by atoms with Gasteiger partial charge >= 0.3 is 11.9 Å². The lowest BCUT2D eigenvalue weighted by Crippen LogP contribution is -2.28. The van der Waals surface area contributed by atoms with E-state index in [1.165, 1.54) is 0 Å². The first-order valence-electron chi connectivity index (χ1n) is 8.82. The smallest absolute Gasteiger partial charge is 0.338 e. The van der Waals surface area contributed by atoms with Crippen molar-refractivity contribution in [3.63, 3.8) is 0 Å². The highest BCUT2D eigenvalue weighted by Gasteiger charge is 2.51. The molecule has 0 radical (unpaired) electrons. The van der Waals surface area contributed by atoms with Gasteiger partial charge in [-0.15, -0.1) is 0 Å². The van der Waals surface area contributed by atoms with Crippen molar-refractivity contribution in [2.75, 3.05) is 6.61 Å². The first-order chi connectivity index (χ1) is 12.7. The van der Waals surface area contributed by atoms with Crippen molar-refractivity contribution < 1.29 is 24.2 Å². The number of esters is 2. The number of carbonyl (C=O) groups is 2. The molecule has 4 atom stereocenters. The quantitative estimate of drug-likeness (QED) is 0.857. The normalized spacial score (nSPS) is 27.0. The molecule has 2 fully saturated rings. The molecule has 134 valence electrons. The first kappa shape index (κ1) is 16.8. The monoisotopic (exact) mass is 352 g/mol. The fraction of sp³-hybridized carbons (Fsp3) is 0.333. The minimum Gasteiger partial charge on any atom is -0.462 e. The fourth-order valence-electron chi connectivity index (χ4n) is 3.98. The van der Waals surface area contributed by atoms with Gasteiger partial charge in [0, 0.05) is 24.9 Å². The Balaban J connectivity index is 1.44. The molecular formula is C21H20O5. The maximum absolute atomic E-state index is 12.5. The summed E-state index contributed by atoms with van der Waals surface area (Å²) in [6, 6.07) is 17.2. The summed E-state index contributed by atoms with van der Waals surface area (Å²) in [5.74, 6) is -0.969. The molecule has 1 heterocycles. The summed E-state index contributed by atoms with van der Waals surface area (Å²) in [5.41, 5.74) is 2.58. The number of benzene rings is 2. The van der Waals surface area contributed by atoms with Crippen LogP contribution in [-0.4, -0.2) is 35.9 Å². The van der Waals surface area contributed by atoms with E-state index in [0.717, 1.165) is 11.1 Å². The highest BCUT2D eigenvalue weighted by molar-refractivity contribution is 5.90. The van der Waals surface area contributed by atoms with Crippen molar-refractivity contribution >= 4 is 11.9 Å². The summed E-state index contributed by atoms with van der Waals surface area (Å²) >= 11 is 0. The molecule has 2 aromatic rings. The van der Waals surface area contributed by atoms with Crippen LogP contribution in [-0.2, 0) is 14.3 Å². The second-order valence-corrected chi connectivity index (χ2v) is 6.87. The topological polar surface area (TPSA) is 72.8 Å². The van der Waals surface area contributed by atoms with Gasteiger partial charge in [0.25, 0.3) is 0 Å². The highest BCUT2D eigenvalue weighted by Crippen LogP contribution is 2.42. The van der Waals surface area contributed by atoms with Crippen LogP contribution >= 0.6 is 0 Å². The Hall–Kier alpha value is -2.66. The maximum Gasteiger partial charge on any atom is 0.338 e. The Morgan fingerprint density at radius 3 is 2.46 bits per heavy atom. The molecule has 1 aliphatic heterocycles. The Morgan fingerprint density at radius 1 is 1.08 bits per heavy atom. The van der Waals surface area contributed by atoms with Crippen molar-refractivity contribution in [1.29, 1.82) is 0 Å². The molecule has 26 heavy (non-hydrogen) atoms. The molecule has 4 rings (SSSR count). The summed E-state index contributed by atoms with van der Waals surface area (Å²) in [5, 5.41) is 9.66. The minimum absolute atomic E-state index is 0.0641. The van der Waals surface area contributed by atoms with Crippen molar-refractivity contribution in [3.8, 4) is 11.1 Å². The molecule has 0 aromatic heterocycles. The average Bonchev–Trinajstić information content (AvgIpc) is 3.17. The number of rotatable bonds is 4. The number of hydrogen-bond donors (Lipinski definition) is 1. The SMILES string of the molecule is O=C1CC2C(C[C@H](OC(=O)c3ccc(-c4ccccc4)cc3)[C@H]2CO)O1. The van der Waals surface area contributed by atoms with Crippen LogP contribution in [0.1, 0.15) is 23.2 Å². The van der Waals surface area contributed by atoms with Gasteiger partial charge < -0.3 is 14.6 Å². The lowest BCUT2D eigenvalue weighted by Gasteiger charge is -2.20. The number of hydrogen-bond acceptors (Lipinski definition) is 5. The van der Waals surface area contributed by atoms with E-state index in [0.29, 0.717) is 12.0 Å². The predicted octanol–water partition coefficient (Wildman–Crippen LogP) is 2.82. The maximum atomic E-state index is 12.5. The lowest BCUT2D eigenvalue weighted by atomic mass is 9.93. The van der Waals surface area contributed by atoms with Gasteiger partial charge in [-0.1, -0.05) is 42.5 Å². The van der Waals surface area contributed by atoms with Crippen LogP contribution in [0, 0.1) is 11.8 Å². The molecule has 2 aromatic carbocycles. The van der Waals surface area contributed by atoms with Gasteiger partial charge in [0.05, 0.1) is 12.0 Å². The number of carbonyl (C=O) groups excluding carboxylic acids is 2. The molecule has 0 bridgehead atoms. The van der Waals surface area contributed by atoms with E-state index in [4.69, 9.17) is 9.47 Å². The molecule has 0 amide bonds. The van der Waals surface area contributed by atoms with E-state index in [1.807, 2.05) is 42.5 Å². The first-order valence-corrected chi connectivity index (χ1v) is 8.82. The van der Waals surface area contributed by atoms with Gasteiger partial charge in [0.15, 0.2) is 0 Å². The fourth-order valence-corrected chi connectivity index (χ4v) is 3.98. The summed E-state index contributed by atoms with van der Waals surface area (Å²) in [6.45, 7) is -0.122.